The molecule has 1 heterocycles. The van der Waals surface area contributed by atoms with Crippen molar-refractivity contribution in [1.82, 2.24) is 0 Å². The summed E-state index contributed by atoms with van der Waals surface area (Å²) in [4.78, 5) is 14.6. The second-order valence-electron chi connectivity index (χ2n) is 6.07. The van der Waals surface area contributed by atoms with E-state index in [1.807, 2.05) is 42.5 Å². The summed E-state index contributed by atoms with van der Waals surface area (Å²) in [6, 6.07) is 21.7. The fraction of sp³-hybridized carbons (Fsp3) is 0.150. The van der Waals surface area contributed by atoms with Gasteiger partial charge in [-0.1, -0.05) is 54.6 Å². The fourth-order valence-electron chi connectivity index (χ4n) is 3.25. The lowest BCUT2D eigenvalue weighted by Crippen LogP contribution is -2.45. The molecule has 0 unspecified atom stereocenters. The van der Waals surface area contributed by atoms with Crippen LogP contribution in [-0.4, -0.2) is 18.5 Å². The highest BCUT2D eigenvalue weighted by molar-refractivity contribution is 6.02. The van der Waals surface area contributed by atoms with Crippen LogP contribution in [0, 0.1) is 0 Å². The molecule has 1 aliphatic heterocycles. The lowest BCUT2D eigenvalue weighted by molar-refractivity contribution is -0.119. The maximum absolute atomic E-state index is 12.8. The lowest BCUT2D eigenvalue weighted by Gasteiger charge is -2.24. The number of halogens is 1. The molecule has 4 nitrogen and oxygen atoms in total. The van der Waals surface area contributed by atoms with Crippen LogP contribution < -0.4 is 16.0 Å². The Labute approximate surface area is 153 Å². The molecule has 0 saturated carbocycles. The Morgan fingerprint density at radius 2 is 1.72 bits per heavy atom. The molecule has 0 spiro atoms. The highest BCUT2D eigenvalue weighted by Crippen LogP contribution is 2.31. The van der Waals surface area contributed by atoms with Gasteiger partial charge in [-0.3, -0.25) is 4.79 Å². The Balaban J connectivity index is 0.00000182. The molecule has 1 atom stereocenters. The van der Waals surface area contributed by atoms with Crippen molar-refractivity contribution in [2.45, 2.75) is 12.6 Å². The average Bonchev–Trinajstić information content (AvgIpc) is 2.74. The van der Waals surface area contributed by atoms with Gasteiger partial charge in [0.05, 0.1) is 17.9 Å². The molecule has 0 fully saturated rings. The first-order valence-corrected chi connectivity index (χ1v) is 8.10. The van der Waals surface area contributed by atoms with E-state index in [9.17, 15) is 4.79 Å². The van der Waals surface area contributed by atoms with Crippen molar-refractivity contribution in [3.05, 3.63) is 72.3 Å². The second-order valence-corrected chi connectivity index (χ2v) is 6.07. The van der Waals surface area contributed by atoms with E-state index < -0.39 is 6.04 Å². The first-order chi connectivity index (χ1) is 11.7. The van der Waals surface area contributed by atoms with Crippen LogP contribution in [0.25, 0.3) is 10.8 Å². The number of carbonyl (C=O) groups is 1. The van der Waals surface area contributed by atoms with Gasteiger partial charge in [-0.2, -0.15) is 0 Å². The van der Waals surface area contributed by atoms with Gasteiger partial charge in [-0.05, 0) is 28.5 Å². The molecule has 3 N–H and O–H groups in total. The summed E-state index contributed by atoms with van der Waals surface area (Å²) < 4.78 is 0. The zero-order chi connectivity index (χ0) is 16.5. The highest BCUT2D eigenvalue weighted by atomic mass is 35.5. The molecule has 4 rings (SSSR count). The molecular formula is C20H20ClN3O. The quantitative estimate of drug-likeness (QED) is 0.740. The number of rotatable bonds is 2. The number of anilines is 2. The third-order valence-electron chi connectivity index (χ3n) is 4.50. The number of amides is 1. The molecule has 25 heavy (non-hydrogen) atoms. The largest absolute Gasteiger partial charge is 0.381 e. The minimum atomic E-state index is -0.549. The summed E-state index contributed by atoms with van der Waals surface area (Å²) in [5.74, 6) is -0.0552. The number of nitrogens with two attached hydrogens (primary N) is 1. The van der Waals surface area contributed by atoms with Crippen LogP contribution in [0.5, 0.6) is 0 Å². The molecule has 128 valence electrons. The molecule has 3 aromatic rings. The number of nitrogens with zero attached hydrogens (tertiary/aromatic N) is 1. The van der Waals surface area contributed by atoms with Crippen LogP contribution in [0.3, 0.4) is 0 Å². The summed E-state index contributed by atoms with van der Waals surface area (Å²) >= 11 is 0. The number of fused-ring (bicyclic) bond motifs is 2. The molecule has 1 amide bonds. The third-order valence-corrected chi connectivity index (χ3v) is 4.50. The van der Waals surface area contributed by atoms with Crippen molar-refractivity contribution < 1.29 is 4.79 Å². The van der Waals surface area contributed by atoms with E-state index in [4.69, 9.17) is 5.73 Å². The van der Waals surface area contributed by atoms with Gasteiger partial charge in [0, 0.05) is 6.54 Å². The van der Waals surface area contributed by atoms with Crippen LogP contribution in [-0.2, 0) is 11.3 Å². The summed E-state index contributed by atoms with van der Waals surface area (Å²) in [5.41, 5.74) is 9.00. The van der Waals surface area contributed by atoms with Crippen molar-refractivity contribution in [2.24, 2.45) is 5.73 Å². The number of hydrogen-bond acceptors (Lipinski definition) is 3. The number of nitrogens with one attached hydrogen (secondary N) is 1. The van der Waals surface area contributed by atoms with E-state index in [1.54, 1.807) is 4.90 Å². The summed E-state index contributed by atoms with van der Waals surface area (Å²) in [6.45, 7) is 0.953. The molecule has 0 bridgehead atoms. The SMILES string of the molecule is Cl.N[C@H]1CNc2ccccc2N(Cc2cccc3ccccc23)C1=O. The van der Waals surface area contributed by atoms with Gasteiger partial charge in [-0.15, -0.1) is 12.4 Å². The van der Waals surface area contributed by atoms with E-state index in [1.165, 1.54) is 5.39 Å². The molecule has 5 heteroatoms. The van der Waals surface area contributed by atoms with Crippen LogP contribution in [0.1, 0.15) is 5.56 Å². The van der Waals surface area contributed by atoms with Crippen LogP contribution in [0.4, 0.5) is 11.4 Å². The minimum Gasteiger partial charge on any atom is -0.381 e. The molecule has 0 radical (unpaired) electrons. The third kappa shape index (κ3) is 3.18. The molecule has 0 aliphatic carbocycles. The topological polar surface area (TPSA) is 58.4 Å². The molecular weight excluding hydrogens is 334 g/mol. The predicted octanol–water partition coefficient (Wildman–Crippen LogP) is 3.55. The van der Waals surface area contributed by atoms with E-state index in [-0.39, 0.29) is 18.3 Å². The zero-order valence-electron chi connectivity index (χ0n) is 13.7. The van der Waals surface area contributed by atoms with Crippen molar-refractivity contribution >= 4 is 40.5 Å². The van der Waals surface area contributed by atoms with E-state index >= 15 is 0 Å². The maximum Gasteiger partial charge on any atom is 0.246 e. The Kier molecular flexibility index (Phi) is 4.93. The first kappa shape index (κ1) is 17.3. The normalized spacial score (nSPS) is 16.6. The second kappa shape index (κ2) is 7.13. The molecule has 0 saturated heterocycles. The first-order valence-electron chi connectivity index (χ1n) is 8.10. The van der Waals surface area contributed by atoms with Crippen molar-refractivity contribution in [3.8, 4) is 0 Å². The maximum atomic E-state index is 12.8. The van der Waals surface area contributed by atoms with Crippen LogP contribution >= 0.6 is 12.4 Å². The molecule has 1 aliphatic rings. The van der Waals surface area contributed by atoms with Gasteiger partial charge in [0.25, 0.3) is 0 Å². The average molecular weight is 354 g/mol. The van der Waals surface area contributed by atoms with Crippen LogP contribution in [0.2, 0.25) is 0 Å². The summed E-state index contributed by atoms with van der Waals surface area (Å²) in [5, 5.41) is 5.61. The lowest BCUT2D eigenvalue weighted by atomic mass is 10.0. The van der Waals surface area contributed by atoms with Gasteiger partial charge in [-0.25, -0.2) is 0 Å². The summed E-state index contributed by atoms with van der Waals surface area (Å²) in [7, 11) is 0. The minimum absolute atomic E-state index is 0. The van der Waals surface area contributed by atoms with Crippen molar-refractivity contribution in [3.63, 3.8) is 0 Å². The zero-order valence-corrected chi connectivity index (χ0v) is 14.5. The highest BCUT2D eigenvalue weighted by Gasteiger charge is 2.28. The number of benzene rings is 3. The molecule has 3 aromatic carbocycles. The van der Waals surface area contributed by atoms with Crippen LogP contribution in [0.15, 0.2) is 66.7 Å². The van der Waals surface area contributed by atoms with Gasteiger partial charge < -0.3 is 16.0 Å². The van der Waals surface area contributed by atoms with Gasteiger partial charge in [0.2, 0.25) is 5.91 Å². The van der Waals surface area contributed by atoms with Gasteiger partial charge in [0.15, 0.2) is 0 Å². The van der Waals surface area contributed by atoms with Gasteiger partial charge >= 0.3 is 0 Å². The predicted molar refractivity (Wildman–Crippen MR) is 105 cm³/mol. The van der Waals surface area contributed by atoms with Gasteiger partial charge in [0.1, 0.15) is 6.04 Å². The standard InChI is InChI=1S/C20H19N3O.ClH/c21-17-12-22-18-10-3-4-11-19(18)23(20(17)24)13-15-8-5-7-14-6-1-2-9-16(14)15;/h1-11,17,22H,12-13,21H2;1H/t17-;/m0./s1. The summed E-state index contributed by atoms with van der Waals surface area (Å²) in [6.07, 6.45) is 0. The Hall–Kier alpha value is -2.56. The monoisotopic (exact) mass is 353 g/mol. The fourth-order valence-corrected chi connectivity index (χ4v) is 3.25. The van der Waals surface area contributed by atoms with Crippen molar-refractivity contribution in [1.29, 1.82) is 0 Å². The number of para-hydroxylation sites is 2. The number of carbonyl (C=O) groups excluding carboxylic acids is 1. The van der Waals surface area contributed by atoms with E-state index in [0.717, 1.165) is 22.3 Å². The van der Waals surface area contributed by atoms with Crippen molar-refractivity contribution in [2.75, 3.05) is 16.8 Å². The van der Waals surface area contributed by atoms with E-state index in [0.29, 0.717) is 13.1 Å². The Bertz CT molecular complexity index is 907. The molecule has 0 aromatic heterocycles. The van der Waals surface area contributed by atoms with E-state index in [2.05, 4.69) is 29.6 Å². The Morgan fingerprint density at radius 3 is 2.60 bits per heavy atom. The smallest absolute Gasteiger partial charge is 0.246 e. The number of hydrogen-bond donors (Lipinski definition) is 2. The Morgan fingerprint density at radius 1 is 1.00 bits per heavy atom.